The molecular weight excluding hydrogens is 660 g/mol. The number of nitrogens with zero attached hydrogens (tertiary/aromatic N) is 7. The van der Waals surface area contributed by atoms with Gasteiger partial charge in [-0.2, -0.15) is 0 Å². The van der Waals surface area contributed by atoms with Crippen LogP contribution in [-0.2, 0) is 11.3 Å². The third-order valence-electron chi connectivity index (χ3n) is 8.86. The average molecular weight is 703 g/mol. The number of nitrogens with one attached hydrogen (secondary N) is 3. The Morgan fingerprint density at radius 2 is 1.74 bits per heavy atom. The lowest BCUT2D eigenvalue weighted by molar-refractivity contribution is 0.0374. The van der Waals surface area contributed by atoms with Crippen LogP contribution >= 0.6 is 11.6 Å². The van der Waals surface area contributed by atoms with Crippen molar-refractivity contribution >= 4 is 40.5 Å². The molecule has 0 spiro atoms. The van der Waals surface area contributed by atoms with Gasteiger partial charge in [0.1, 0.15) is 10.9 Å². The van der Waals surface area contributed by atoms with Gasteiger partial charge in [0.2, 0.25) is 0 Å². The number of hydrogen-bond acceptors (Lipinski definition) is 11. The zero-order valence-electron chi connectivity index (χ0n) is 28.4. The van der Waals surface area contributed by atoms with E-state index in [0.29, 0.717) is 35.7 Å². The van der Waals surface area contributed by atoms with Crippen LogP contribution in [0.2, 0.25) is 5.15 Å². The van der Waals surface area contributed by atoms with Crippen LogP contribution in [0.1, 0.15) is 32.8 Å². The number of benzene rings is 2. The summed E-state index contributed by atoms with van der Waals surface area (Å²) >= 11 is 6.26. The Bertz CT molecular complexity index is 1750. The second-order valence-corrected chi connectivity index (χ2v) is 12.7. The highest BCUT2D eigenvalue weighted by molar-refractivity contribution is 6.30. The van der Waals surface area contributed by atoms with E-state index in [2.05, 4.69) is 53.0 Å². The molecule has 0 bridgehead atoms. The maximum atomic E-state index is 13.9. The van der Waals surface area contributed by atoms with Crippen molar-refractivity contribution in [3.05, 3.63) is 82.9 Å². The molecule has 6 rings (SSSR count). The number of rotatable bonds is 13. The number of amides is 2. The van der Waals surface area contributed by atoms with E-state index in [0.717, 1.165) is 82.4 Å². The molecule has 15 heteroatoms. The number of carbonyl (C=O) groups excluding carboxylic acids is 2. The molecule has 4 aromatic rings. The summed E-state index contributed by atoms with van der Waals surface area (Å²) in [5, 5.41) is 18.0. The molecule has 0 atom stereocenters. The van der Waals surface area contributed by atoms with Crippen molar-refractivity contribution in [2.45, 2.75) is 13.0 Å². The maximum absolute atomic E-state index is 13.9. The molecule has 0 radical (unpaired) electrons. The Kier molecular flexibility index (Phi) is 11.8. The largest absolute Gasteiger partial charge is 0.497 e. The van der Waals surface area contributed by atoms with E-state index in [1.807, 2.05) is 42.5 Å². The zero-order chi connectivity index (χ0) is 34.9. The van der Waals surface area contributed by atoms with Crippen LogP contribution < -0.4 is 25.6 Å². The van der Waals surface area contributed by atoms with Gasteiger partial charge in [-0.3, -0.25) is 14.5 Å². The summed E-state index contributed by atoms with van der Waals surface area (Å²) in [7, 11) is 3.72. The molecule has 0 unspecified atom stereocenters. The Morgan fingerprint density at radius 1 is 0.960 bits per heavy atom. The first-order valence-electron chi connectivity index (χ1n) is 16.8. The number of pyridine rings is 1. The molecule has 14 nitrogen and oxygen atoms in total. The van der Waals surface area contributed by atoms with Crippen molar-refractivity contribution in [2.24, 2.45) is 0 Å². The number of methoxy groups -OCH3 is 1. The molecule has 0 aliphatic carbocycles. The summed E-state index contributed by atoms with van der Waals surface area (Å²) in [4.78, 5) is 37.8. The molecule has 2 fully saturated rings. The fraction of sp³-hybridized carbons (Fsp3) is 0.400. The highest BCUT2D eigenvalue weighted by Crippen LogP contribution is 2.31. The molecule has 50 heavy (non-hydrogen) atoms. The van der Waals surface area contributed by atoms with Crippen LogP contribution in [0.25, 0.3) is 5.69 Å². The number of piperazine rings is 1. The van der Waals surface area contributed by atoms with Crippen molar-refractivity contribution in [1.29, 1.82) is 0 Å². The molecule has 2 aromatic carbocycles. The molecular formula is C35H43ClN10O4. The van der Waals surface area contributed by atoms with E-state index in [1.165, 1.54) is 10.9 Å². The third-order valence-corrected chi connectivity index (χ3v) is 9.07. The maximum Gasteiger partial charge on any atom is 0.273 e. The van der Waals surface area contributed by atoms with Gasteiger partial charge >= 0.3 is 0 Å². The number of halogens is 1. The fourth-order valence-electron chi connectivity index (χ4n) is 5.89. The van der Waals surface area contributed by atoms with Crippen molar-refractivity contribution in [3.8, 4) is 11.4 Å². The summed E-state index contributed by atoms with van der Waals surface area (Å²) in [6, 6.07) is 15.0. The summed E-state index contributed by atoms with van der Waals surface area (Å²) < 4.78 is 12.2. The molecule has 2 aromatic heterocycles. The van der Waals surface area contributed by atoms with Gasteiger partial charge in [-0.1, -0.05) is 28.9 Å². The monoisotopic (exact) mass is 702 g/mol. The first kappa shape index (κ1) is 35.1. The number of ether oxygens (including phenoxy) is 2. The normalized spacial score (nSPS) is 15.5. The smallest absolute Gasteiger partial charge is 0.273 e. The Labute approximate surface area is 296 Å². The second kappa shape index (κ2) is 16.8. The van der Waals surface area contributed by atoms with Crippen molar-refractivity contribution in [3.63, 3.8) is 0 Å². The quantitative estimate of drug-likeness (QED) is 0.139. The summed E-state index contributed by atoms with van der Waals surface area (Å²) in [5.74, 6) is 0.125. The lowest BCUT2D eigenvalue weighted by Gasteiger charge is -2.35. The first-order valence-corrected chi connectivity index (χ1v) is 17.2. The van der Waals surface area contributed by atoms with Crippen LogP contribution in [0.15, 0.2) is 60.9 Å². The highest BCUT2D eigenvalue weighted by atomic mass is 35.5. The Morgan fingerprint density at radius 3 is 2.50 bits per heavy atom. The van der Waals surface area contributed by atoms with E-state index in [9.17, 15) is 9.59 Å². The van der Waals surface area contributed by atoms with Crippen LogP contribution in [0, 0.1) is 0 Å². The van der Waals surface area contributed by atoms with Crippen molar-refractivity contribution in [1.82, 2.24) is 35.1 Å². The van der Waals surface area contributed by atoms with E-state index in [4.69, 9.17) is 21.1 Å². The number of anilines is 3. The minimum absolute atomic E-state index is 0.213. The Balaban J connectivity index is 1.18. The van der Waals surface area contributed by atoms with Crippen LogP contribution in [-0.4, -0.2) is 121 Å². The molecule has 2 aliphatic heterocycles. The first-order chi connectivity index (χ1) is 24.4. The molecule has 0 saturated carbocycles. The lowest BCUT2D eigenvalue weighted by Crippen LogP contribution is -2.44. The van der Waals surface area contributed by atoms with Gasteiger partial charge in [0.25, 0.3) is 11.8 Å². The van der Waals surface area contributed by atoms with Gasteiger partial charge in [0.15, 0.2) is 5.69 Å². The van der Waals surface area contributed by atoms with E-state index in [-0.39, 0.29) is 22.7 Å². The van der Waals surface area contributed by atoms with Gasteiger partial charge in [0, 0.05) is 58.6 Å². The minimum atomic E-state index is -0.352. The predicted octanol–water partition coefficient (Wildman–Crippen LogP) is 3.39. The minimum Gasteiger partial charge on any atom is -0.497 e. The standard InChI is InChI=1S/C35H43ClN10O4/c1-43-12-14-45(15-13-43)32-9-6-26(46-24-31(41-42-46)35(48)37-10-3-11-44-16-18-50-19-17-44)20-30(32)40-34(47)28-23-39-33(36)21-29(28)38-22-25-4-7-27(49-2)8-5-25/h4-9,20-21,23-24H,3,10-19,22H2,1-2H3,(H,37,48)(H,38,39)(H,40,47). The molecule has 264 valence electrons. The molecule has 3 N–H and O–H groups in total. The van der Waals surface area contributed by atoms with E-state index >= 15 is 0 Å². The molecule has 2 aliphatic rings. The van der Waals surface area contributed by atoms with Gasteiger partial charge in [-0.25, -0.2) is 9.67 Å². The molecule has 4 heterocycles. The van der Waals surface area contributed by atoms with Crippen molar-refractivity contribution in [2.75, 3.05) is 95.3 Å². The van der Waals surface area contributed by atoms with Gasteiger partial charge in [0.05, 0.1) is 54.8 Å². The number of carbonyl (C=O) groups is 2. The van der Waals surface area contributed by atoms with Crippen molar-refractivity contribution < 1.29 is 19.1 Å². The van der Waals surface area contributed by atoms with Gasteiger partial charge < -0.3 is 35.2 Å². The topological polar surface area (TPSA) is 142 Å². The summed E-state index contributed by atoms with van der Waals surface area (Å²) in [5.41, 5.74) is 4.22. The number of aromatic nitrogens is 4. The van der Waals surface area contributed by atoms with Gasteiger partial charge in [-0.15, -0.1) is 5.10 Å². The highest BCUT2D eigenvalue weighted by Gasteiger charge is 2.22. The third kappa shape index (κ3) is 9.07. The number of likely N-dealkylation sites (N-methyl/N-ethyl adjacent to an activating group) is 1. The van der Waals surface area contributed by atoms with E-state index < -0.39 is 0 Å². The van der Waals surface area contributed by atoms with Gasteiger partial charge in [-0.05, 0) is 62.0 Å². The summed E-state index contributed by atoms with van der Waals surface area (Å²) in [6.45, 7) is 8.61. The predicted molar refractivity (Wildman–Crippen MR) is 193 cm³/mol. The van der Waals surface area contributed by atoms with Crippen LogP contribution in [0.3, 0.4) is 0 Å². The Hall–Kier alpha value is -4.76. The van der Waals surface area contributed by atoms with Crippen LogP contribution in [0.4, 0.5) is 17.1 Å². The van der Waals surface area contributed by atoms with Crippen LogP contribution in [0.5, 0.6) is 5.75 Å². The molecule has 2 amide bonds. The second-order valence-electron chi connectivity index (χ2n) is 12.3. The molecule has 2 saturated heterocycles. The number of morpholine rings is 1. The summed E-state index contributed by atoms with van der Waals surface area (Å²) in [6.07, 6.45) is 3.90. The zero-order valence-corrected chi connectivity index (χ0v) is 29.2. The number of hydrogen-bond donors (Lipinski definition) is 3. The fourth-order valence-corrected chi connectivity index (χ4v) is 6.05. The van der Waals surface area contributed by atoms with E-state index in [1.54, 1.807) is 19.4 Å². The SMILES string of the molecule is COc1ccc(CNc2cc(Cl)ncc2C(=O)Nc2cc(-n3cc(C(=O)NCCCN4CCOCC4)nn3)ccc2N2CCN(C)CC2)cc1. The average Bonchev–Trinajstić information content (AvgIpc) is 3.64. The lowest BCUT2D eigenvalue weighted by atomic mass is 10.1.